The van der Waals surface area contributed by atoms with Gasteiger partial charge in [-0.05, 0) is 12.8 Å². The fourth-order valence-electron chi connectivity index (χ4n) is 3.23. The summed E-state index contributed by atoms with van der Waals surface area (Å²) in [4.78, 5) is 33.9. The van der Waals surface area contributed by atoms with Crippen molar-refractivity contribution in [1.82, 2.24) is 24.6 Å². The first kappa shape index (κ1) is 21.8. The highest BCUT2D eigenvalue weighted by Crippen LogP contribution is 2.21. The zero-order chi connectivity index (χ0) is 21.7. The number of pyridine rings is 1. The van der Waals surface area contributed by atoms with Crippen LogP contribution in [0.3, 0.4) is 0 Å². The summed E-state index contributed by atoms with van der Waals surface area (Å²) in [6, 6.07) is 1.02. The molecule has 0 spiro atoms. The van der Waals surface area contributed by atoms with Gasteiger partial charge in [-0.1, -0.05) is 0 Å². The van der Waals surface area contributed by atoms with E-state index in [1.54, 1.807) is 15.9 Å². The smallest absolute Gasteiger partial charge is 0.306 e. The van der Waals surface area contributed by atoms with Crippen molar-refractivity contribution in [3.63, 3.8) is 0 Å². The summed E-state index contributed by atoms with van der Waals surface area (Å²) in [6.45, 7) is 1.28. The molecule has 3 heterocycles. The Labute approximate surface area is 173 Å². The summed E-state index contributed by atoms with van der Waals surface area (Å²) in [5, 5.41) is 3.59. The van der Waals surface area contributed by atoms with E-state index in [-0.39, 0.29) is 16.9 Å². The minimum atomic E-state index is -2.93. The van der Waals surface area contributed by atoms with Crippen molar-refractivity contribution in [3.8, 4) is 5.75 Å². The highest BCUT2D eigenvalue weighted by molar-refractivity contribution is 7.93. The van der Waals surface area contributed by atoms with E-state index in [1.165, 1.54) is 25.9 Å². The van der Waals surface area contributed by atoms with Crippen LogP contribution >= 0.6 is 0 Å². The third-order valence-corrected chi connectivity index (χ3v) is 7.19. The van der Waals surface area contributed by atoms with Crippen molar-refractivity contribution >= 4 is 21.5 Å². The lowest BCUT2D eigenvalue weighted by molar-refractivity contribution is -0.132. The zero-order valence-electron chi connectivity index (χ0n) is 16.7. The molecule has 30 heavy (non-hydrogen) atoms. The zero-order valence-corrected chi connectivity index (χ0v) is 17.5. The van der Waals surface area contributed by atoms with Crippen molar-refractivity contribution in [2.75, 3.05) is 26.5 Å². The van der Waals surface area contributed by atoms with Crippen molar-refractivity contribution in [2.24, 2.45) is 4.36 Å². The molecule has 0 saturated carbocycles. The van der Waals surface area contributed by atoms with Gasteiger partial charge in [-0.25, -0.2) is 18.6 Å². The number of hydrogen-bond acceptors (Lipinski definition) is 7. The van der Waals surface area contributed by atoms with E-state index in [0.29, 0.717) is 38.9 Å². The van der Waals surface area contributed by atoms with E-state index in [9.17, 15) is 18.2 Å². The molecule has 0 aliphatic carbocycles. The SMILES string of the molecule is COc1cnc(C(=O)N=S(C)(=O)C2CCN(C(=O)CCn3cncn3)CC2)c(F)c1. The summed E-state index contributed by atoms with van der Waals surface area (Å²) in [5.41, 5.74) is -0.494. The molecule has 2 aromatic heterocycles. The van der Waals surface area contributed by atoms with Crippen molar-refractivity contribution in [2.45, 2.75) is 31.1 Å². The second kappa shape index (κ2) is 9.28. The molecule has 10 nitrogen and oxygen atoms in total. The molecule has 0 N–H and O–H groups in total. The Morgan fingerprint density at radius 2 is 2.10 bits per heavy atom. The number of methoxy groups -OCH3 is 1. The maximum absolute atomic E-state index is 14.0. The molecule has 1 atom stereocenters. The number of aryl methyl sites for hydroxylation is 1. The van der Waals surface area contributed by atoms with Crippen molar-refractivity contribution in [3.05, 3.63) is 36.4 Å². The topological polar surface area (TPSA) is 120 Å². The Balaban J connectivity index is 1.60. The van der Waals surface area contributed by atoms with Gasteiger partial charge in [0.15, 0.2) is 11.5 Å². The third-order valence-electron chi connectivity index (χ3n) is 4.95. The lowest BCUT2D eigenvalue weighted by Crippen LogP contribution is -2.42. The number of aromatic nitrogens is 4. The Kier molecular flexibility index (Phi) is 6.75. The lowest BCUT2D eigenvalue weighted by Gasteiger charge is -2.32. The molecule has 1 aliphatic rings. The van der Waals surface area contributed by atoms with E-state index in [4.69, 9.17) is 4.74 Å². The van der Waals surface area contributed by atoms with Crippen LogP contribution in [0, 0.1) is 5.82 Å². The van der Waals surface area contributed by atoms with Gasteiger partial charge in [-0.3, -0.25) is 14.3 Å². The fourth-order valence-corrected chi connectivity index (χ4v) is 4.88. The van der Waals surface area contributed by atoms with Gasteiger partial charge in [0, 0.05) is 37.1 Å². The molecule has 12 heteroatoms. The molecule has 1 saturated heterocycles. The lowest BCUT2D eigenvalue weighted by atomic mass is 10.1. The van der Waals surface area contributed by atoms with E-state index in [2.05, 4.69) is 19.4 Å². The third kappa shape index (κ3) is 5.17. The first-order valence-electron chi connectivity index (χ1n) is 9.35. The van der Waals surface area contributed by atoms with Crippen LogP contribution in [-0.2, 0) is 21.1 Å². The van der Waals surface area contributed by atoms with Crippen LogP contribution < -0.4 is 4.74 Å². The Bertz CT molecular complexity index is 1030. The number of ether oxygens (including phenoxy) is 1. The number of piperidine rings is 1. The predicted molar refractivity (Wildman–Crippen MR) is 106 cm³/mol. The average Bonchev–Trinajstić information content (AvgIpc) is 3.25. The number of likely N-dealkylation sites (tertiary alicyclic amines) is 1. The summed E-state index contributed by atoms with van der Waals surface area (Å²) in [5.74, 6) is -1.70. The van der Waals surface area contributed by atoms with Crippen LogP contribution in [0.1, 0.15) is 29.8 Å². The maximum Gasteiger partial charge on any atom is 0.306 e. The number of rotatable bonds is 6. The molecule has 3 rings (SSSR count). The quantitative estimate of drug-likeness (QED) is 0.663. The predicted octanol–water partition coefficient (Wildman–Crippen LogP) is 1.14. The maximum atomic E-state index is 14.0. The van der Waals surface area contributed by atoms with Crippen LogP contribution in [0.15, 0.2) is 29.3 Å². The van der Waals surface area contributed by atoms with Crippen LogP contribution in [0.4, 0.5) is 4.39 Å². The summed E-state index contributed by atoms with van der Waals surface area (Å²) in [6.07, 6.45) is 6.73. The number of halogens is 1. The van der Waals surface area contributed by atoms with Crippen molar-refractivity contribution in [1.29, 1.82) is 0 Å². The van der Waals surface area contributed by atoms with Gasteiger partial charge in [-0.15, -0.1) is 0 Å². The van der Waals surface area contributed by atoms with Crippen LogP contribution in [0.5, 0.6) is 5.75 Å². The van der Waals surface area contributed by atoms with E-state index in [0.717, 1.165) is 6.07 Å². The van der Waals surface area contributed by atoms with Gasteiger partial charge in [-0.2, -0.15) is 9.46 Å². The largest absolute Gasteiger partial charge is 0.495 e. The molecule has 0 aromatic carbocycles. The minimum absolute atomic E-state index is 0.0240. The molecule has 0 bridgehead atoms. The Morgan fingerprint density at radius 1 is 1.37 bits per heavy atom. The second-order valence-electron chi connectivity index (χ2n) is 6.95. The van der Waals surface area contributed by atoms with Gasteiger partial charge in [0.1, 0.15) is 18.4 Å². The fraction of sp³-hybridized carbons (Fsp3) is 0.500. The van der Waals surface area contributed by atoms with Crippen LogP contribution in [0.25, 0.3) is 0 Å². The second-order valence-corrected chi connectivity index (χ2v) is 9.52. The normalized spacial score (nSPS) is 16.7. The van der Waals surface area contributed by atoms with Gasteiger partial charge in [0.25, 0.3) is 0 Å². The molecule has 162 valence electrons. The van der Waals surface area contributed by atoms with Crippen LogP contribution in [-0.4, -0.2) is 72.4 Å². The number of nitrogens with zero attached hydrogens (tertiary/aromatic N) is 6. The molecular weight excluding hydrogens is 415 g/mol. The average molecular weight is 438 g/mol. The number of amides is 2. The van der Waals surface area contributed by atoms with Gasteiger partial charge in [0.05, 0.1) is 29.6 Å². The van der Waals surface area contributed by atoms with Gasteiger partial charge < -0.3 is 9.64 Å². The van der Waals surface area contributed by atoms with Gasteiger partial charge in [0.2, 0.25) is 5.91 Å². The first-order valence-corrected chi connectivity index (χ1v) is 11.3. The van der Waals surface area contributed by atoms with Gasteiger partial charge >= 0.3 is 5.91 Å². The molecule has 1 aliphatic heterocycles. The number of hydrogen-bond donors (Lipinski definition) is 0. The number of carbonyl (C=O) groups is 2. The summed E-state index contributed by atoms with van der Waals surface area (Å²) in [7, 11) is -1.58. The van der Waals surface area contributed by atoms with Crippen molar-refractivity contribution < 1.29 is 22.9 Å². The highest BCUT2D eigenvalue weighted by Gasteiger charge is 2.29. The number of carbonyl (C=O) groups excluding carboxylic acids is 2. The van der Waals surface area contributed by atoms with E-state index < -0.39 is 27.1 Å². The first-order chi connectivity index (χ1) is 14.3. The molecule has 0 radical (unpaired) electrons. The molecule has 1 unspecified atom stereocenters. The minimum Gasteiger partial charge on any atom is -0.495 e. The molecule has 1 fully saturated rings. The molecule has 2 aromatic rings. The van der Waals surface area contributed by atoms with E-state index in [1.807, 2.05) is 0 Å². The monoisotopic (exact) mass is 438 g/mol. The molecule has 2 amide bonds. The van der Waals surface area contributed by atoms with Crippen LogP contribution in [0.2, 0.25) is 0 Å². The standard InChI is InChI=1S/C18H23FN6O4S/c1-29-13-9-15(19)17(21-10-13)18(27)23-30(2,28)14-3-6-24(7-4-14)16(26)5-8-25-12-20-11-22-25/h9-12,14H,3-8H2,1-2H3. The Morgan fingerprint density at radius 3 is 2.70 bits per heavy atom. The Hall–Kier alpha value is -2.89. The van der Waals surface area contributed by atoms with E-state index >= 15 is 0 Å². The summed E-state index contributed by atoms with van der Waals surface area (Å²) < 4.78 is 37.3. The molecular formula is C18H23FN6O4S. The summed E-state index contributed by atoms with van der Waals surface area (Å²) >= 11 is 0. The highest BCUT2D eigenvalue weighted by atomic mass is 32.2.